The summed E-state index contributed by atoms with van der Waals surface area (Å²) in [6.45, 7) is 6.70. The number of nitrogens with two attached hydrogens (primary N) is 1. The summed E-state index contributed by atoms with van der Waals surface area (Å²) in [6.07, 6.45) is 1.72. The first-order valence-electron chi connectivity index (χ1n) is 8.23. The molecule has 2 aromatic heterocycles. The molecule has 0 atom stereocenters. The summed E-state index contributed by atoms with van der Waals surface area (Å²) < 4.78 is 4.70. The lowest BCUT2D eigenvalue weighted by Gasteiger charge is -2.09. The zero-order valence-electron chi connectivity index (χ0n) is 15.0. The third-order valence-corrected chi connectivity index (χ3v) is 3.73. The average molecular weight is 340 g/mol. The van der Waals surface area contributed by atoms with Crippen molar-refractivity contribution < 1.29 is 9.53 Å². The van der Waals surface area contributed by atoms with E-state index >= 15 is 0 Å². The van der Waals surface area contributed by atoms with Crippen LogP contribution in [0.15, 0.2) is 36.5 Å². The predicted octanol–water partition coefficient (Wildman–Crippen LogP) is 3.88. The van der Waals surface area contributed by atoms with Crippen molar-refractivity contribution in [2.75, 3.05) is 18.2 Å². The van der Waals surface area contributed by atoms with Gasteiger partial charge in [0.2, 0.25) is 0 Å². The molecule has 6 nitrogen and oxygen atoms in total. The Hall–Kier alpha value is -3.02. The Morgan fingerprint density at radius 2 is 2.04 bits per heavy atom. The van der Waals surface area contributed by atoms with Crippen molar-refractivity contribution in [3.8, 4) is 0 Å². The van der Waals surface area contributed by atoms with Gasteiger partial charge in [-0.2, -0.15) is 0 Å². The standard InChI is InChI=1S/C17H18N4O2.C2H6/c1-10-3-4-13(18)5-12(10)8-19-14-6-11-7-15(17(22)23-2)21-16(11)20-9-14;1-2/h3-7,9,19H,8,18H2,1-2H3,(H,20,21);1-2H3. The maximum atomic E-state index is 11.5. The number of aromatic amines is 1. The van der Waals surface area contributed by atoms with Crippen LogP contribution in [0.25, 0.3) is 11.0 Å². The van der Waals surface area contributed by atoms with Gasteiger partial charge in [-0.1, -0.05) is 19.9 Å². The molecule has 6 heteroatoms. The number of carbonyl (C=O) groups is 1. The average Bonchev–Trinajstić information content (AvgIpc) is 3.06. The molecular weight excluding hydrogens is 316 g/mol. The van der Waals surface area contributed by atoms with Crippen LogP contribution in [0.1, 0.15) is 35.5 Å². The maximum absolute atomic E-state index is 11.5. The maximum Gasteiger partial charge on any atom is 0.354 e. The van der Waals surface area contributed by atoms with Crippen molar-refractivity contribution >= 4 is 28.4 Å². The van der Waals surface area contributed by atoms with Gasteiger partial charge in [0, 0.05) is 17.6 Å². The second kappa shape index (κ2) is 8.19. The summed E-state index contributed by atoms with van der Waals surface area (Å²) in [5.74, 6) is -0.409. The number of nitrogens with zero attached hydrogens (tertiary/aromatic N) is 1. The van der Waals surface area contributed by atoms with Gasteiger partial charge in [0.15, 0.2) is 0 Å². The molecule has 132 valence electrons. The van der Waals surface area contributed by atoms with Crippen molar-refractivity contribution in [3.05, 3.63) is 53.3 Å². The van der Waals surface area contributed by atoms with Crippen LogP contribution in [0.3, 0.4) is 0 Å². The van der Waals surface area contributed by atoms with Crippen molar-refractivity contribution in [1.82, 2.24) is 9.97 Å². The van der Waals surface area contributed by atoms with E-state index in [0.29, 0.717) is 17.9 Å². The van der Waals surface area contributed by atoms with Gasteiger partial charge in [0.1, 0.15) is 11.3 Å². The van der Waals surface area contributed by atoms with E-state index in [2.05, 4.69) is 15.3 Å². The quantitative estimate of drug-likeness (QED) is 0.495. The van der Waals surface area contributed by atoms with Gasteiger partial charge >= 0.3 is 5.97 Å². The minimum absolute atomic E-state index is 0.388. The number of aryl methyl sites for hydroxylation is 1. The first-order valence-corrected chi connectivity index (χ1v) is 8.23. The highest BCUT2D eigenvalue weighted by Gasteiger charge is 2.10. The lowest BCUT2D eigenvalue weighted by molar-refractivity contribution is 0.0595. The number of esters is 1. The van der Waals surface area contributed by atoms with Crippen LogP contribution >= 0.6 is 0 Å². The van der Waals surface area contributed by atoms with E-state index < -0.39 is 5.97 Å². The van der Waals surface area contributed by atoms with Gasteiger partial charge in [-0.15, -0.1) is 0 Å². The fourth-order valence-electron chi connectivity index (χ4n) is 2.41. The van der Waals surface area contributed by atoms with Crippen LogP contribution in [0.2, 0.25) is 0 Å². The van der Waals surface area contributed by atoms with Gasteiger partial charge < -0.3 is 20.8 Å². The van der Waals surface area contributed by atoms with E-state index in [1.54, 1.807) is 12.3 Å². The molecule has 0 fully saturated rings. The zero-order chi connectivity index (χ0) is 18.4. The summed E-state index contributed by atoms with van der Waals surface area (Å²) in [5.41, 5.74) is 10.8. The molecule has 0 amide bonds. The van der Waals surface area contributed by atoms with Gasteiger partial charge in [-0.05, 0) is 42.3 Å². The van der Waals surface area contributed by atoms with Crippen molar-refractivity contribution in [3.63, 3.8) is 0 Å². The third-order valence-electron chi connectivity index (χ3n) is 3.73. The number of ether oxygens (including phenoxy) is 1. The first-order chi connectivity index (χ1) is 12.1. The fraction of sp³-hybridized carbons (Fsp3) is 0.263. The molecule has 3 rings (SSSR count). The second-order valence-electron chi connectivity index (χ2n) is 5.38. The normalized spacial score (nSPS) is 10.1. The van der Waals surface area contributed by atoms with Crippen LogP contribution in [0.4, 0.5) is 11.4 Å². The molecule has 0 aliphatic rings. The summed E-state index contributed by atoms with van der Waals surface area (Å²) in [6, 6.07) is 9.52. The highest BCUT2D eigenvalue weighted by Crippen LogP contribution is 2.20. The van der Waals surface area contributed by atoms with Crippen LogP contribution in [0.5, 0.6) is 0 Å². The van der Waals surface area contributed by atoms with E-state index in [1.165, 1.54) is 12.7 Å². The first kappa shape index (κ1) is 18.3. The molecule has 0 aliphatic heterocycles. The Morgan fingerprint density at radius 3 is 2.76 bits per heavy atom. The van der Waals surface area contributed by atoms with Gasteiger partial charge in [-0.3, -0.25) is 0 Å². The third kappa shape index (κ3) is 4.29. The largest absolute Gasteiger partial charge is 0.464 e. The van der Waals surface area contributed by atoms with Crippen molar-refractivity contribution in [2.45, 2.75) is 27.3 Å². The smallest absolute Gasteiger partial charge is 0.354 e. The molecule has 0 unspecified atom stereocenters. The molecule has 4 N–H and O–H groups in total. The highest BCUT2D eigenvalue weighted by molar-refractivity contribution is 5.94. The number of aromatic nitrogens is 2. The van der Waals surface area contributed by atoms with Crippen molar-refractivity contribution in [2.24, 2.45) is 0 Å². The molecule has 0 saturated carbocycles. The Balaban J connectivity index is 0.00000109. The lowest BCUT2D eigenvalue weighted by atomic mass is 10.1. The number of rotatable bonds is 4. The summed E-state index contributed by atoms with van der Waals surface area (Å²) in [7, 11) is 1.35. The number of hydrogen-bond donors (Lipinski definition) is 3. The van der Waals surface area contributed by atoms with Crippen LogP contribution < -0.4 is 11.1 Å². The Morgan fingerprint density at radius 1 is 1.28 bits per heavy atom. The molecule has 0 saturated heterocycles. The number of anilines is 2. The van der Waals surface area contributed by atoms with Gasteiger partial charge in [-0.25, -0.2) is 9.78 Å². The number of benzene rings is 1. The van der Waals surface area contributed by atoms with Crippen molar-refractivity contribution in [1.29, 1.82) is 0 Å². The number of pyridine rings is 1. The number of H-pyrrole nitrogens is 1. The van der Waals surface area contributed by atoms with E-state index in [-0.39, 0.29) is 0 Å². The molecule has 3 aromatic rings. The number of nitrogens with one attached hydrogen (secondary N) is 2. The molecular formula is C19H24N4O2. The molecule has 0 aliphatic carbocycles. The van der Waals surface area contributed by atoms with Crippen LogP contribution in [-0.2, 0) is 11.3 Å². The topological polar surface area (TPSA) is 93.0 Å². The molecule has 0 bridgehead atoms. The Kier molecular flexibility index (Phi) is 6.00. The van der Waals surface area contributed by atoms with E-state index in [0.717, 1.165) is 22.3 Å². The highest BCUT2D eigenvalue weighted by atomic mass is 16.5. The number of nitrogen functional groups attached to an aromatic ring is 1. The second-order valence-corrected chi connectivity index (χ2v) is 5.38. The molecule has 1 aromatic carbocycles. The molecule has 0 spiro atoms. The minimum Gasteiger partial charge on any atom is -0.464 e. The minimum atomic E-state index is -0.409. The molecule has 25 heavy (non-hydrogen) atoms. The SMILES string of the molecule is CC.COC(=O)c1cc2cc(NCc3cc(N)ccc3C)cnc2[nH]1. The monoisotopic (exact) mass is 340 g/mol. The number of carbonyl (C=O) groups excluding carboxylic acids is 1. The number of methoxy groups -OCH3 is 1. The van der Waals surface area contributed by atoms with E-state index in [4.69, 9.17) is 10.5 Å². The Labute approximate surface area is 147 Å². The van der Waals surface area contributed by atoms with Crippen LogP contribution in [-0.4, -0.2) is 23.0 Å². The zero-order valence-corrected chi connectivity index (χ0v) is 15.0. The lowest BCUT2D eigenvalue weighted by Crippen LogP contribution is -2.02. The number of hydrogen-bond acceptors (Lipinski definition) is 5. The van der Waals surface area contributed by atoms with Gasteiger partial charge in [0.25, 0.3) is 0 Å². The summed E-state index contributed by atoms with van der Waals surface area (Å²) in [5, 5.41) is 4.17. The summed E-state index contributed by atoms with van der Waals surface area (Å²) >= 11 is 0. The number of fused-ring (bicyclic) bond motifs is 1. The van der Waals surface area contributed by atoms with E-state index in [1.807, 2.05) is 45.0 Å². The van der Waals surface area contributed by atoms with Crippen LogP contribution in [0, 0.1) is 6.92 Å². The van der Waals surface area contributed by atoms with Gasteiger partial charge in [0.05, 0.1) is 19.0 Å². The van der Waals surface area contributed by atoms with E-state index in [9.17, 15) is 4.79 Å². The predicted molar refractivity (Wildman–Crippen MR) is 102 cm³/mol. The molecule has 0 radical (unpaired) electrons. The molecule has 2 heterocycles. The fourth-order valence-corrected chi connectivity index (χ4v) is 2.41. The summed E-state index contributed by atoms with van der Waals surface area (Å²) in [4.78, 5) is 18.8. The Bertz CT molecular complexity index is 871.